The van der Waals surface area contributed by atoms with Crippen LogP contribution in [0.25, 0.3) is 0 Å². The standard InChI is InChI=1S/C21H34N6O2.HI/c1-4-22-21(23-11-10-19-25-20(16(2)3)26-29-19)24-15-17(18-9-8-14-28-18)27-12-6-5-7-13-27;/h8-9,14,16-17H,4-7,10-13,15H2,1-3H3,(H2,22,23,24);1H. The molecule has 1 aliphatic heterocycles. The molecule has 9 heteroatoms. The number of piperidine rings is 1. The minimum atomic E-state index is 0. The number of hydrogen-bond acceptors (Lipinski definition) is 6. The summed E-state index contributed by atoms with van der Waals surface area (Å²) in [4.78, 5) is 11.7. The summed E-state index contributed by atoms with van der Waals surface area (Å²) in [5.41, 5.74) is 0. The second kappa shape index (κ2) is 12.9. The van der Waals surface area contributed by atoms with Crippen LogP contribution in [0.4, 0.5) is 0 Å². The Morgan fingerprint density at radius 2 is 2.03 bits per heavy atom. The zero-order valence-corrected chi connectivity index (χ0v) is 20.6. The van der Waals surface area contributed by atoms with Crippen LogP contribution in [-0.2, 0) is 6.42 Å². The lowest BCUT2D eigenvalue weighted by molar-refractivity contribution is 0.150. The molecule has 2 aromatic heterocycles. The van der Waals surface area contributed by atoms with E-state index in [-0.39, 0.29) is 35.9 Å². The first-order valence-electron chi connectivity index (χ1n) is 10.8. The number of likely N-dealkylation sites (tertiary alicyclic amines) is 1. The lowest BCUT2D eigenvalue weighted by Gasteiger charge is -2.32. The van der Waals surface area contributed by atoms with Crippen LogP contribution in [0.2, 0.25) is 0 Å². The van der Waals surface area contributed by atoms with E-state index in [0.29, 0.717) is 25.4 Å². The molecule has 0 spiro atoms. The zero-order chi connectivity index (χ0) is 20.5. The molecule has 1 unspecified atom stereocenters. The molecule has 3 heterocycles. The number of aromatic nitrogens is 2. The molecule has 0 aliphatic carbocycles. The molecule has 1 atom stereocenters. The van der Waals surface area contributed by atoms with Crippen LogP contribution < -0.4 is 10.6 Å². The van der Waals surface area contributed by atoms with Crippen LogP contribution in [0.1, 0.15) is 69.5 Å². The maximum Gasteiger partial charge on any atom is 0.228 e. The largest absolute Gasteiger partial charge is 0.468 e. The third kappa shape index (κ3) is 7.26. The summed E-state index contributed by atoms with van der Waals surface area (Å²) in [6.45, 7) is 10.5. The van der Waals surface area contributed by atoms with Crippen molar-refractivity contribution in [2.75, 3.05) is 32.7 Å². The number of nitrogens with zero attached hydrogens (tertiary/aromatic N) is 4. The molecule has 3 rings (SSSR count). The van der Waals surface area contributed by atoms with E-state index in [1.54, 1.807) is 6.26 Å². The number of aliphatic imine (C=N–C) groups is 1. The van der Waals surface area contributed by atoms with Crippen LogP contribution in [0.5, 0.6) is 0 Å². The van der Waals surface area contributed by atoms with Gasteiger partial charge in [-0.15, -0.1) is 24.0 Å². The highest BCUT2D eigenvalue weighted by Crippen LogP contribution is 2.25. The van der Waals surface area contributed by atoms with Crippen molar-refractivity contribution in [2.24, 2.45) is 4.99 Å². The molecule has 0 radical (unpaired) electrons. The van der Waals surface area contributed by atoms with E-state index < -0.39 is 0 Å². The molecular weight excluding hydrogens is 495 g/mol. The molecule has 0 saturated carbocycles. The number of guanidine groups is 1. The van der Waals surface area contributed by atoms with Crippen LogP contribution in [0, 0.1) is 0 Å². The van der Waals surface area contributed by atoms with Crippen molar-refractivity contribution in [3.8, 4) is 0 Å². The highest BCUT2D eigenvalue weighted by Gasteiger charge is 2.24. The van der Waals surface area contributed by atoms with Gasteiger partial charge in [0.2, 0.25) is 5.89 Å². The van der Waals surface area contributed by atoms with Crippen molar-refractivity contribution in [1.82, 2.24) is 25.7 Å². The summed E-state index contributed by atoms with van der Waals surface area (Å²) in [5, 5.41) is 10.7. The Morgan fingerprint density at radius 3 is 2.67 bits per heavy atom. The van der Waals surface area contributed by atoms with E-state index in [0.717, 1.165) is 37.2 Å². The van der Waals surface area contributed by atoms with Gasteiger partial charge in [-0.1, -0.05) is 25.4 Å². The van der Waals surface area contributed by atoms with Gasteiger partial charge >= 0.3 is 0 Å². The predicted molar refractivity (Wildman–Crippen MR) is 128 cm³/mol. The Balaban J connectivity index is 0.00000320. The Hall–Kier alpha value is -1.62. The Morgan fingerprint density at radius 1 is 1.23 bits per heavy atom. The van der Waals surface area contributed by atoms with E-state index in [1.165, 1.54) is 19.3 Å². The maximum atomic E-state index is 5.72. The monoisotopic (exact) mass is 530 g/mol. The zero-order valence-electron chi connectivity index (χ0n) is 18.3. The number of furan rings is 1. The Kier molecular flexibility index (Phi) is 10.6. The van der Waals surface area contributed by atoms with E-state index in [2.05, 4.69) is 52.5 Å². The normalized spacial score (nSPS) is 16.3. The number of hydrogen-bond donors (Lipinski definition) is 2. The van der Waals surface area contributed by atoms with E-state index in [9.17, 15) is 0 Å². The summed E-state index contributed by atoms with van der Waals surface area (Å²) in [6, 6.07) is 4.18. The fourth-order valence-corrected chi connectivity index (χ4v) is 3.51. The number of halogens is 1. The van der Waals surface area contributed by atoms with Crippen molar-refractivity contribution in [2.45, 2.75) is 58.4 Å². The highest BCUT2D eigenvalue weighted by atomic mass is 127. The fraction of sp³-hybridized carbons (Fsp3) is 0.667. The molecule has 0 amide bonds. The fourth-order valence-electron chi connectivity index (χ4n) is 3.51. The van der Waals surface area contributed by atoms with Crippen LogP contribution in [-0.4, -0.2) is 53.7 Å². The minimum absolute atomic E-state index is 0. The van der Waals surface area contributed by atoms with E-state index in [4.69, 9.17) is 13.9 Å². The van der Waals surface area contributed by atoms with Gasteiger partial charge in [-0.25, -0.2) is 0 Å². The quantitative estimate of drug-likeness (QED) is 0.290. The molecule has 0 aromatic carbocycles. The Labute approximate surface area is 196 Å². The SMILES string of the molecule is CCNC(=NCC(c1ccco1)N1CCCCC1)NCCc1nc(C(C)C)no1.I. The van der Waals surface area contributed by atoms with Gasteiger partial charge in [-0.3, -0.25) is 9.89 Å². The number of rotatable bonds is 9. The second-order valence-electron chi connectivity index (χ2n) is 7.73. The van der Waals surface area contributed by atoms with E-state index in [1.807, 2.05) is 6.07 Å². The third-order valence-corrected chi connectivity index (χ3v) is 5.10. The summed E-state index contributed by atoms with van der Waals surface area (Å²) in [6.07, 6.45) is 6.19. The second-order valence-corrected chi connectivity index (χ2v) is 7.73. The van der Waals surface area contributed by atoms with Gasteiger partial charge in [0.05, 0.1) is 18.8 Å². The average Bonchev–Trinajstić information content (AvgIpc) is 3.41. The molecular formula is C21H35IN6O2. The molecule has 1 aliphatic rings. The molecule has 0 bridgehead atoms. The predicted octanol–water partition coefficient (Wildman–Crippen LogP) is 3.73. The average molecular weight is 530 g/mol. The molecule has 2 aromatic rings. The van der Waals surface area contributed by atoms with Gasteiger partial charge in [0.25, 0.3) is 0 Å². The summed E-state index contributed by atoms with van der Waals surface area (Å²) in [7, 11) is 0. The highest BCUT2D eigenvalue weighted by molar-refractivity contribution is 14.0. The topological polar surface area (TPSA) is 91.7 Å². The van der Waals surface area contributed by atoms with Crippen LogP contribution in [0.15, 0.2) is 32.3 Å². The third-order valence-electron chi connectivity index (χ3n) is 5.10. The van der Waals surface area contributed by atoms with Gasteiger partial charge in [0.15, 0.2) is 11.8 Å². The van der Waals surface area contributed by atoms with Gasteiger partial charge in [-0.2, -0.15) is 4.98 Å². The lowest BCUT2D eigenvalue weighted by Crippen LogP contribution is -2.40. The molecule has 2 N–H and O–H groups in total. The maximum absolute atomic E-state index is 5.72. The first-order valence-corrected chi connectivity index (χ1v) is 10.8. The summed E-state index contributed by atoms with van der Waals surface area (Å²) in [5.74, 6) is 3.46. The van der Waals surface area contributed by atoms with Gasteiger partial charge in [0.1, 0.15) is 5.76 Å². The van der Waals surface area contributed by atoms with Crippen molar-refractivity contribution in [1.29, 1.82) is 0 Å². The van der Waals surface area contributed by atoms with Crippen molar-refractivity contribution >= 4 is 29.9 Å². The van der Waals surface area contributed by atoms with Gasteiger partial charge in [-0.05, 0) is 45.0 Å². The van der Waals surface area contributed by atoms with Crippen molar-refractivity contribution in [3.05, 3.63) is 35.9 Å². The van der Waals surface area contributed by atoms with Crippen molar-refractivity contribution < 1.29 is 8.94 Å². The molecule has 8 nitrogen and oxygen atoms in total. The minimum Gasteiger partial charge on any atom is -0.468 e. The lowest BCUT2D eigenvalue weighted by atomic mass is 10.1. The Bertz CT molecular complexity index is 741. The van der Waals surface area contributed by atoms with Crippen LogP contribution in [0.3, 0.4) is 0 Å². The van der Waals surface area contributed by atoms with Crippen LogP contribution >= 0.6 is 24.0 Å². The molecule has 30 heavy (non-hydrogen) atoms. The molecule has 1 saturated heterocycles. The van der Waals surface area contributed by atoms with Gasteiger partial charge in [0, 0.05) is 25.4 Å². The van der Waals surface area contributed by atoms with E-state index >= 15 is 0 Å². The first kappa shape index (κ1) is 24.6. The summed E-state index contributed by atoms with van der Waals surface area (Å²) < 4.78 is 11.0. The molecule has 1 fully saturated rings. The van der Waals surface area contributed by atoms with Crippen molar-refractivity contribution in [3.63, 3.8) is 0 Å². The number of nitrogens with one attached hydrogen (secondary N) is 2. The first-order chi connectivity index (χ1) is 14.2. The molecule has 168 valence electrons. The van der Waals surface area contributed by atoms with Gasteiger partial charge < -0.3 is 19.6 Å². The summed E-state index contributed by atoms with van der Waals surface area (Å²) >= 11 is 0. The smallest absolute Gasteiger partial charge is 0.228 e.